The van der Waals surface area contributed by atoms with Crippen LogP contribution in [0.3, 0.4) is 0 Å². The van der Waals surface area contributed by atoms with Gasteiger partial charge in [0.05, 0.1) is 17.4 Å². The van der Waals surface area contributed by atoms with Crippen LogP contribution in [0.25, 0.3) is 0 Å². The summed E-state index contributed by atoms with van der Waals surface area (Å²) in [5.74, 6) is 5.74. The second-order valence-corrected chi connectivity index (χ2v) is 5.92. The van der Waals surface area contributed by atoms with Gasteiger partial charge in [-0.1, -0.05) is 6.92 Å². The van der Waals surface area contributed by atoms with Crippen molar-refractivity contribution in [3.8, 4) is 0 Å². The van der Waals surface area contributed by atoms with Crippen LogP contribution < -0.4 is 11.3 Å². The lowest BCUT2D eigenvalue weighted by Crippen LogP contribution is -2.31. The molecule has 1 atom stereocenters. The average molecular weight is 278 g/mol. The third-order valence-corrected chi connectivity index (χ3v) is 4.51. The SMILES string of the molecule is CCc1ccc(CC(NN)c2cc(C)nn2CC)s1. The first-order valence-corrected chi connectivity index (χ1v) is 7.57. The zero-order valence-electron chi connectivity index (χ0n) is 11.8. The van der Waals surface area contributed by atoms with Crippen molar-refractivity contribution >= 4 is 11.3 Å². The highest BCUT2D eigenvalue weighted by Crippen LogP contribution is 2.24. The molecule has 0 spiro atoms. The van der Waals surface area contributed by atoms with Crippen molar-refractivity contribution in [1.29, 1.82) is 0 Å². The Morgan fingerprint density at radius 2 is 2.11 bits per heavy atom. The predicted octanol–water partition coefficient (Wildman–Crippen LogP) is 2.58. The summed E-state index contributed by atoms with van der Waals surface area (Å²) in [4.78, 5) is 2.78. The standard InChI is InChI=1S/C14H22N4S/c1-4-11-6-7-12(19-11)9-13(16-15)14-8-10(3)17-18(14)5-2/h6-8,13,16H,4-5,9,15H2,1-3H3. The topological polar surface area (TPSA) is 55.9 Å². The fourth-order valence-electron chi connectivity index (χ4n) is 2.27. The summed E-state index contributed by atoms with van der Waals surface area (Å²) in [6, 6.07) is 6.63. The Morgan fingerprint density at radius 1 is 1.37 bits per heavy atom. The number of hydrogen-bond donors (Lipinski definition) is 2. The monoisotopic (exact) mass is 278 g/mol. The minimum absolute atomic E-state index is 0.115. The van der Waals surface area contributed by atoms with Crippen molar-refractivity contribution < 1.29 is 0 Å². The summed E-state index contributed by atoms with van der Waals surface area (Å²) in [6.45, 7) is 7.17. The minimum Gasteiger partial charge on any atom is -0.271 e. The lowest BCUT2D eigenvalue weighted by atomic mass is 10.1. The van der Waals surface area contributed by atoms with Gasteiger partial charge in [-0.25, -0.2) is 0 Å². The highest BCUT2D eigenvalue weighted by molar-refractivity contribution is 7.11. The first-order chi connectivity index (χ1) is 9.17. The second kappa shape index (κ2) is 6.32. The van der Waals surface area contributed by atoms with Crippen molar-refractivity contribution in [3.05, 3.63) is 39.3 Å². The maximum atomic E-state index is 5.74. The van der Waals surface area contributed by atoms with E-state index < -0.39 is 0 Å². The first-order valence-electron chi connectivity index (χ1n) is 6.76. The molecule has 3 N–H and O–H groups in total. The summed E-state index contributed by atoms with van der Waals surface area (Å²) >= 11 is 1.87. The zero-order valence-corrected chi connectivity index (χ0v) is 12.6. The van der Waals surface area contributed by atoms with Gasteiger partial charge in [0.2, 0.25) is 0 Å². The smallest absolute Gasteiger partial charge is 0.0677 e. The largest absolute Gasteiger partial charge is 0.271 e. The van der Waals surface area contributed by atoms with Gasteiger partial charge in [-0.3, -0.25) is 16.0 Å². The van der Waals surface area contributed by atoms with Crippen LogP contribution in [0.4, 0.5) is 0 Å². The van der Waals surface area contributed by atoms with Crippen LogP contribution in [0.1, 0.15) is 41.0 Å². The van der Waals surface area contributed by atoms with E-state index in [-0.39, 0.29) is 6.04 Å². The normalized spacial score (nSPS) is 12.8. The van der Waals surface area contributed by atoms with Gasteiger partial charge in [0, 0.05) is 22.7 Å². The van der Waals surface area contributed by atoms with E-state index in [2.05, 4.69) is 42.6 Å². The van der Waals surface area contributed by atoms with Gasteiger partial charge >= 0.3 is 0 Å². The van der Waals surface area contributed by atoms with Gasteiger partial charge in [-0.2, -0.15) is 5.10 Å². The fourth-order valence-corrected chi connectivity index (χ4v) is 3.27. The number of rotatable bonds is 6. The molecule has 0 aromatic carbocycles. The molecular formula is C14H22N4S. The Balaban J connectivity index is 2.19. The Morgan fingerprint density at radius 3 is 2.68 bits per heavy atom. The molecule has 0 radical (unpaired) electrons. The highest BCUT2D eigenvalue weighted by atomic mass is 32.1. The van der Waals surface area contributed by atoms with Crippen LogP contribution in [-0.4, -0.2) is 9.78 Å². The van der Waals surface area contributed by atoms with Crippen molar-refractivity contribution in [1.82, 2.24) is 15.2 Å². The third kappa shape index (κ3) is 3.23. The predicted molar refractivity (Wildman–Crippen MR) is 80.1 cm³/mol. The molecule has 1 unspecified atom stereocenters. The molecular weight excluding hydrogens is 256 g/mol. The molecule has 2 heterocycles. The van der Waals surface area contributed by atoms with Gasteiger partial charge in [-0.05, 0) is 38.5 Å². The summed E-state index contributed by atoms with van der Waals surface area (Å²) < 4.78 is 2.02. The lowest BCUT2D eigenvalue weighted by molar-refractivity contribution is 0.492. The Kier molecular flexibility index (Phi) is 4.74. The van der Waals surface area contributed by atoms with Gasteiger partial charge in [-0.15, -0.1) is 11.3 Å². The Bertz CT molecular complexity index is 529. The molecule has 19 heavy (non-hydrogen) atoms. The van der Waals surface area contributed by atoms with E-state index in [1.54, 1.807) is 0 Å². The molecule has 0 saturated heterocycles. The number of thiophene rings is 1. The van der Waals surface area contributed by atoms with Crippen LogP contribution >= 0.6 is 11.3 Å². The summed E-state index contributed by atoms with van der Waals surface area (Å²) in [6.07, 6.45) is 2.00. The molecule has 0 saturated carbocycles. The third-order valence-electron chi connectivity index (χ3n) is 3.26. The van der Waals surface area contributed by atoms with Crippen molar-refractivity contribution in [3.63, 3.8) is 0 Å². The molecule has 0 amide bonds. The number of aryl methyl sites for hydroxylation is 3. The van der Waals surface area contributed by atoms with Gasteiger partial charge in [0.1, 0.15) is 0 Å². The summed E-state index contributed by atoms with van der Waals surface area (Å²) in [7, 11) is 0. The molecule has 0 fully saturated rings. The molecule has 5 heteroatoms. The lowest BCUT2D eigenvalue weighted by Gasteiger charge is -2.16. The molecule has 2 aromatic rings. The van der Waals surface area contributed by atoms with Gasteiger partial charge in [0.15, 0.2) is 0 Å². The van der Waals surface area contributed by atoms with Gasteiger partial charge < -0.3 is 0 Å². The summed E-state index contributed by atoms with van der Waals surface area (Å²) in [5.41, 5.74) is 5.13. The summed E-state index contributed by atoms with van der Waals surface area (Å²) in [5, 5.41) is 4.49. The van der Waals surface area contributed by atoms with Crippen LogP contribution in [0.5, 0.6) is 0 Å². The van der Waals surface area contributed by atoms with E-state index in [1.807, 2.05) is 22.9 Å². The fraction of sp³-hybridized carbons (Fsp3) is 0.500. The molecule has 2 rings (SSSR count). The van der Waals surface area contributed by atoms with E-state index in [9.17, 15) is 0 Å². The van der Waals surface area contributed by atoms with E-state index in [0.717, 1.165) is 30.8 Å². The molecule has 0 aliphatic heterocycles. The molecule has 4 nitrogen and oxygen atoms in total. The maximum absolute atomic E-state index is 5.74. The molecule has 104 valence electrons. The van der Waals surface area contributed by atoms with Crippen molar-refractivity contribution in [2.24, 2.45) is 5.84 Å². The van der Waals surface area contributed by atoms with E-state index >= 15 is 0 Å². The van der Waals surface area contributed by atoms with Crippen LogP contribution in [0.15, 0.2) is 18.2 Å². The molecule has 0 aliphatic rings. The maximum Gasteiger partial charge on any atom is 0.0677 e. The second-order valence-electron chi connectivity index (χ2n) is 4.67. The number of nitrogens with zero attached hydrogens (tertiary/aromatic N) is 2. The first kappa shape index (κ1) is 14.2. The Hall–Kier alpha value is -1.17. The molecule has 2 aromatic heterocycles. The van der Waals surface area contributed by atoms with Crippen molar-refractivity contribution in [2.75, 3.05) is 0 Å². The van der Waals surface area contributed by atoms with Crippen LogP contribution in [-0.2, 0) is 19.4 Å². The highest BCUT2D eigenvalue weighted by Gasteiger charge is 2.17. The quantitative estimate of drug-likeness (QED) is 0.631. The van der Waals surface area contributed by atoms with E-state index in [1.165, 1.54) is 9.75 Å². The number of nitrogens with two attached hydrogens (primary N) is 1. The molecule has 0 aliphatic carbocycles. The Labute approximate surface area is 118 Å². The number of aromatic nitrogens is 2. The average Bonchev–Trinajstić information content (AvgIpc) is 3.01. The van der Waals surface area contributed by atoms with Crippen LogP contribution in [0.2, 0.25) is 0 Å². The van der Waals surface area contributed by atoms with Crippen LogP contribution in [0, 0.1) is 6.92 Å². The number of hydrogen-bond acceptors (Lipinski definition) is 4. The van der Waals surface area contributed by atoms with E-state index in [0.29, 0.717) is 0 Å². The van der Waals surface area contributed by atoms with Crippen molar-refractivity contribution in [2.45, 2.75) is 46.2 Å². The number of nitrogens with one attached hydrogen (secondary N) is 1. The molecule has 0 bridgehead atoms. The van der Waals surface area contributed by atoms with E-state index in [4.69, 9.17) is 5.84 Å². The van der Waals surface area contributed by atoms with Gasteiger partial charge in [0.25, 0.3) is 0 Å². The number of hydrazine groups is 1. The minimum atomic E-state index is 0.115. The zero-order chi connectivity index (χ0) is 13.8.